The molecule has 0 heterocycles. The molecule has 1 N–H and O–H groups in total. The fourth-order valence-corrected chi connectivity index (χ4v) is 2.54. The zero-order valence-electron chi connectivity index (χ0n) is 11.5. The number of hydrogen-bond acceptors (Lipinski definition) is 3. The van der Waals surface area contributed by atoms with E-state index in [4.69, 9.17) is 9.47 Å². The predicted octanol–water partition coefficient (Wildman–Crippen LogP) is 2.77. The van der Waals surface area contributed by atoms with E-state index < -0.39 is 0 Å². The van der Waals surface area contributed by atoms with Crippen molar-refractivity contribution in [2.75, 3.05) is 20.8 Å². The Kier molecular flexibility index (Phi) is 4.61. The van der Waals surface area contributed by atoms with Gasteiger partial charge in [0.15, 0.2) is 0 Å². The van der Waals surface area contributed by atoms with Crippen molar-refractivity contribution in [2.45, 2.75) is 31.9 Å². The highest BCUT2D eigenvalue weighted by molar-refractivity contribution is 5.36. The van der Waals surface area contributed by atoms with Crippen LogP contribution >= 0.6 is 0 Å². The molecule has 1 saturated carbocycles. The van der Waals surface area contributed by atoms with E-state index in [1.54, 1.807) is 7.11 Å². The molecule has 0 aliphatic heterocycles. The molecule has 1 fully saturated rings. The molecule has 1 aliphatic carbocycles. The van der Waals surface area contributed by atoms with Gasteiger partial charge in [0, 0.05) is 12.2 Å². The van der Waals surface area contributed by atoms with E-state index in [1.165, 1.54) is 18.4 Å². The van der Waals surface area contributed by atoms with E-state index >= 15 is 0 Å². The smallest absolute Gasteiger partial charge is 0.123 e. The summed E-state index contributed by atoms with van der Waals surface area (Å²) < 4.78 is 11.4. The minimum absolute atomic E-state index is 0.202. The topological polar surface area (TPSA) is 30.5 Å². The van der Waals surface area contributed by atoms with Gasteiger partial charge in [0.25, 0.3) is 0 Å². The van der Waals surface area contributed by atoms with Crippen LogP contribution in [0.25, 0.3) is 0 Å². The summed E-state index contributed by atoms with van der Waals surface area (Å²) in [6.07, 6.45) is 2.80. The van der Waals surface area contributed by atoms with Gasteiger partial charge in [-0.3, -0.25) is 0 Å². The predicted molar refractivity (Wildman–Crippen MR) is 72.9 cm³/mol. The molecule has 0 bridgehead atoms. The lowest BCUT2D eigenvalue weighted by Gasteiger charge is -2.28. The molecule has 0 amide bonds. The Labute approximate surface area is 109 Å². The number of para-hydroxylation sites is 1. The van der Waals surface area contributed by atoms with Gasteiger partial charge in [0.2, 0.25) is 0 Å². The Morgan fingerprint density at radius 3 is 2.61 bits per heavy atom. The van der Waals surface area contributed by atoms with Gasteiger partial charge in [-0.2, -0.15) is 0 Å². The maximum atomic E-state index is 5.95. The maximum Gasteiger partial charge on any atom is 0.123 e. The molecular weight excluding hydrogens is 226 g/mol. The minimum Gasteiger partial charge on any atom is -0.496 e. The molecule has 1 aromatic rings. The number of ether oxygens (including phenoxy) is 2. The molecule has 2 rings (SSSR count). The molecule has 1 aromatic carbocycles. The number of nitrogens with one attached hydrogen (secondary N) is 1. The normalized spacial score (nSPS) is 18.4. The van der Waals surface area contributed by atoms with Crippen LogP contribution in [0.5, 0.6) is 5.75 Å². The third kappa shape index (κ3) is 2.85. The van der Waals surface area contributed by atoms with Crippen molar-refractivity contribution in [3.63, 3.8) is 0 Å². The lowest BCUT2D eigenvalue weighted by Crippen LogP contribution is -2.33. The van der Waals surface area contributed by atoms with Crippen molar-refractivity contribution in [1.29, 1.82) is 0 Å². The van der Waals surface area contributed by atoms with Gasteiger partial charge in [-0.1, -0.05) is 18.2 Å². The second-order valence-electron chi connectivity index (χ2n) is 4.77. The van der Waals surface area contributed by atoms with Gasteiger partial charge in [0.05, 0.1) is 19.3 Å². The summed E-state index contributed by atoms with van der Waals surface area (Å²) in [4.78, 5) is 0. The van der Waals surface area contributed by atoms with Crippen LogP contribution in [0, 0.1) is 5.92 Å². The molecule has 100 valence electrons. The molecule has 3 heteroatoms. The van der Waals surface area contributed by atoms with Gasteiger partial charge in [-0.25, -0.2) is 0 Å². The van der Waals surface area contributed by atoms with Gasteiger partial charge in [-0.15, -0.1) is 0 Å². The van der Waals surface area contributed by atoms with Gasteiger partial charge in [0.1, 0.15) is 5.75 Å². The second-order valence-corrected chi connectivity index (χ2v) is 4.77. The minimum atomic E-state index is 0.202. The summed E-state index contributed by atoms with van der Waals surface area (Å²) in [5, 5.41) is 3.39. The Bertz CT molecular complexity index is 377. The van der Waals surface area contributed by atoms with E-state index in [9.17, 15) is 0 Å². The third-order valence-electron chi connectivity index (χ3n) is 3.56. The molecular formula is C15H23NO2. The monoisotopic (exact) mass is 249 g/mol. The van der Waals surface area contributed by atoms with E-state index in [-0.39, 0.29) is 12.1 Å². The summed E-state index contributed by atoms with van der Waals surface area (Å²) >= 11 is 0. The van der Waals surface area contributed by atoms with Crippen molar-refractivity contribution in [1.82, 2.24) is 5.32 Å². The lowest BCUT2D eigenvalue weighted by atomic mass is 9.97. The van der Waals surface area contributed by atoms with Crippen LogP contribution in [-0.2, 0) is 4.74 Å². The molecule has 18 heavy (non-hydrogen) atoms. The van der Waals surface area contributed by atoms with Crippen LogP contribution in [-0.4, -0.2) is 26.9 Å². The summed E-state index contributed by atoms with van der Waals surface area (Å²) in [6, 6.07) is 8.39. The molecule has 2 atom stereocenters. The zero-order valence-corrected chi connectivity index (χ0v) is 11.5. The fourth-order valence-electron chi connectivity index (χ4n) is 2.54. The van der Waals surface area contributed by atoms with Crippen LogP contribution in [0.4, 0.5) is 0 Å². The first-order chi connectivity index (χ1) is 8.81. The maximum absolute atomic E-state index is 5.95. The third-order valence-corrected chi connectivity index (χ3v) is 3.56. The largest absolute Gasteiger partial charge is 0.496 e. The van der Waals surface area contributed by atoms with E-state index in [0.717, 1.165) is 12.4 Å². The number of benzene rings is 1. The molecule has 0 radical (unpaired) electrons. The van der Waals surface area contributed by atoms with Gasteiger partial charge in [-0.05, 0) is 38.8 Å². The SMILES string of the molecule is CCOC(C1CC1)C(NC)c1ccccc1OC. The number of rotatable bonds is 7. The van der Waals surface area contributed by atoms with E-state index in [2.05, 4.69) is 24.4 Å². The highest BCUT2D eigenvalue weighted by atomic mass is 16.5. The van der Waals surface area contributed by atoms with Gasteiger partial charge < -0.3 is 14.8 Å². The van der Waals surface area contributed by atoms with E-state index in [1.807, 2.05) is 19.2 Å². The molecule has 2 unspecified atom stereocenters. The molecule has 1 aliphatic rings. The first kappa shape index (κ1) is 13.4. The van der Waals surface area contributed by atoms with Gasteiger partial charge >= 0.3 is 0 Å². The first-order valence-electron chi connectivity index (χ1n) is 6.73. The molecule has 0 aromatic heterocycles. The molecule has 3 nitrogen and oxygen atoms in total. The first-order valence-corrected chi connectivity index (χ1v) is 6.73. The highest BCUT2D eigenvalue weighted by Crippen LogP contribution is 2.41. The van der Waals surface area contributed by atoms with Crippen LogP contribution in [0.2, 0.25) is 0 Å². The summed E-state index contributed by atoms with van der Waals surface area (Å²) in [7, 11) is 3.71. The fraction of sp³-hybridized carbons (Fsp3) is 0.600. The summed E-state index contributed by atoms with van der Waals surface area (Å²) in [5.74, 6) is 1.62. The average Bonchev–Trinajstić information content (AvgIpc) is 3.23. The Morgan fingerprint density at radius 2 is 2.06 bits per heavy atom. The summed E-state index contributed by atoms with van der Waals surface area (Å²) in [5.41, 5.74) is 1.19. The van der Waals surface area contributed by atoms with Crippen molar-refractivity contribution in [3.8, 4) is 5.75 Å². The molecule has 0 saturated heterocycles. The van der Waals surface area contributed by atoms with Crippen molar-refractivity contribution < 1.29 is 9.47 Å². The summed E-state index contributed by atoms with van der Waals surface area (Å²) in [6.45, 7) is 2.82. The lowest BCUT2D eigenvalue weighted by molar-refractivity contribution is 0.0199. The quantitative estimate of drug-likeness (QED) is 0.806. The molecule has 0 spiro atoms. The van der Waals surface area contributed by atoms with Crippen LogP contribution in [0.3, 0.4) is 0 Å². The number of hydrogen-bond donors (Lipinski definition) is 1. The standard InChI is InChI=1S/C15H23NO2/c1-4-18-15(11-9-10-11)14(16-2)12-7-5-6-8-13(12)17-3/h5-8,11,14-16H,4,9-10H2,1-3H3. The number of methoxy groups -OCH3 is 1. The van der Waals surface area contributed by atoms with Crippen molar-refractivity contribution >= 4 is 0 Å². The number of likely N-dealkylation sites (N-methyl/N-ethyl adjacent to an activating group) is 1. The van der Waals surface area contributed by atoms with Crippen molar-refractivity contribution in [2.24, 2.45) is 5.92 Å². The average molecular weight is 249 g/mol. The zero-order chi connectivity index (χ0) is 13.0. The second kappa shape index (κ2) is 6.21. The highest BCUT2D eigenvalue weighted by Gasteiger charge is 2.38. The van der Waals surface area contributed by atoms with Crippen LogP contribution in [0.15, 0.2) is 24.3 Å². The van der Waals surface area contributed by atoms with Crippen LogP contribution < -0.4 is 10.1 Å². The van der Waals surface area contributed by atoms with Crippen LogP contribution in [0.1, 0.15) is 31.4 Å². The Balaban J connectivity index is 2.24. The Hall–Kier alpha value is -1.06. The van der Waals surface area contributed by atoms with Crippen molar-refractivity contribution in [3.05, 3.63) is 29.8 Å². The Morgan fingerprint density at radius 1 is 1.33 bits per heavy atom. The van der Waals surface area contributed by atoms with E-state index in [0.29, 0.717) is 5.92 Å².